The minimum Gasteiger partial charge on any atom is -0.565 e. The van der Waals surface area contributed by atoms with Gasteiger partial charge in [-0.15, -0.1) is 0 Å². The predicted octanol–water partition coefficient (Wildman–Crippen LogP) is 4.62. The van der Waals surface area contributed by atoms with Crippen molar-refractivity contribution >= 4 is 22.7 Å². The summed E-state index contributed by atoms with van der Waals surface area (Å²) in [5.41, 5.74) is 3.81. The van der Waals surface area contributed by atoms with Crippen molar-refractivity contribution in [1.29, 1.82) is 0 Å². The number of halogens is 1. The van der Waals surface area contributed by atoms with Crippen LogP contribution in [0.5, 0.6) is 5.75 Å². The van der Waals surface area contributed by atoms with Crippen LogP contribution in [0.15, 0.2) is 36.4 Å². The molecule has 0 bridgehead atoms. The van der Waals surface area contributed by atoms with Crippen molar-refractivity contribution in [2.24, 2.45) is 5.92 Å². The highest BCUT2D eigenvalue weighted by atomic mass is 19.1. The van der Waals surface area contributed by atoms with Crippen LogP contribution in [0.3, 0.4) is 0 Å². The van der Waals surface area contributed by atoms with Crippen LogP contribution in [-0.2, 0) is 4.79 Å². The number of pyridine rings is 1. The Morgan fingerprint density at radius 1 is 1.27 bits per heavy atom. The van der Waals surface area contributed by atoms with Gasteiger partial charge in [-0.3, -0.25) is 0 Å². The number of nitrogens with one attached hydrogen (secondary N) is 1. The molecule has 1 aliphatic rings. The number of fused-ring (bicyclic) bond motifs is 1. The molecule has 6 heteroatoms. The van der Waals surface area contributed by atoms with Crippen molar-refractivity contribution in [2.75, 3.05) is 5.32 Å². The molecule has 0 unspecified atom stereocenters. The second kappa shape index (κ2) is 7.59. The first-order chi connectivity index (χ1) is 14.3. The molecule has 4 N–H and O–H groups in total. The van der Waals surface area contributed by atoms with E-state index in [4.69, 9.17) is 10.1 Å². The lowest BCUT2D eigenvalue weighted by atomic mass is 9.80. The molecule has 0 atom stereocenters. The molecule has 1 saturated carbocycles. The van der Waals surface area contributed by atoms with Crippen LogP contribution < -0.4 is 5.32 Å². The average Bonchev–Trinajstić information content (AvgIpc) is 2.65. The molecule has 2 aromatic carbocycles. The molecule has 1 aliphatic carbocycles. The van der Waals surface area contributed by atoms with Gasteiger partial charge in [-0.1, -0.05) is 32.0 Å². The minimum absolute atomic E-state index is 0.0559. The maximum atomic E-state index is 14.0. The smallest absolute Gasteiger partial charge is 0.519 e. The number of carbonyl (C=O) groups is 1. The van der Waals surface area contributed by atoms with E-state index in [0.29, 0.717) is 29.7 Å². The van der Waals surface area contributed by atoms with Gasteiger partial charge in [0.05, 0.1) is 0 Å². The van der Waals surface area contributed by atoms with E-state index in [9.17, 15) is 14.3 Å². The second-order valence-electron chi connectivity index (χ2n) is 8.41. The molecule has 3 aromatic rings. The van der Waals surface area contributed by atoms with Crippen LogP contribution in [0, 0.1) is 18.7 Å². The molecule has 0 aliphatic heterocycles. The van der Waals surface area contributed by atoms with Crippen LogP contribution in [0.4, 0.5) is 10.2 Å². The quantitative estimate of drug-likeness (QED) is 0.602. The van der Waals surface area contributed by atoms with Gasteiger partial charge < -0.3 is 15.5 Å². The van der Waals surface area contributed by atoms with Gasteiger partial charge in [0.15, 0.2) is 0 Å². The summed E-state index contributed by atoms with van der Waals surface area (Å²) in [6.07, 6.45) is 1.21. The number of nitrogens with zero attached hydrogens (tertiary/aromatic N) is 1. The van der Waals surface area contributed by atoms with Gasteiger partial charge in [-0.05, 0) is 60.6 Å². The zero-order valence-corrected chi connectivity index (χ0v) is 17.3. The second-order valence-corrected chi connectivity index (χ2v) is 8.41. The van der Waals surface area contributed by atoms with Crippen molar-refractivity contribution in [3.05, 3.63) is 53.3 Å². The van der Waals surface area contributed by atoms with E-state index >= 15 is 0 Å². The highest BCUT2D eigenvalue weighted by Gasteiger charge is 2.39. The molecule has 0 amide bonds. The van der Waals surface area contributed by atoms with Gasteiger partial charge in [0, 0.05) is 21.8 Å². The first-order valence-corrected chi connectivity index (χ1v) is 10.2. The Kier molecular flexibility index (Phi) is 5.10. The maximum absolute atomic E-state index is 14.0. The van der Waals surface area contributed by atoms with Gasteiger partial charge in [0.2, 0.25) is 0 Å². The molecule has 0 radical (unpaired) electrons. The number of phenols is 1. The Labute approximate surface area is 174 Å². The fourth-order valence-electron chi connectivity index (χ4n) is 4.21. The van der Waals surface area contributed by atoms with Gasteiger partial charge in [0.25, 0.3) is 0 Å². The minimum atomic E-state index is -0.524. The summed E-state index contributed by atoms with van der Waals surface area (Å²) in [4.78, 5) is 16.0. The Balaban J connectivity index is 1.91. The molecular formula is C24H26FN2O3+. The third-order valence-electron chi connectivity index (χ3n) is 5.91. The number of hydrogen-bond donors (Lipinski definition) is 2. The molecule has 5 nitrogen and oxygen atoms in total. The summed E-state index contributed by atoms with van der Waals surface area (Å²) in [6.45, 7) is 5.89. The average molecular weight is 409 g/mol. The van der Waals surface area contributed by atoms with Gasteiger partial charge in [-0.2, -0.15) is 0 Å². The van der Waals surface area contributed by atoms with Crippen molar-refractivity contribution < 1.29 is 19.4 Å². The monoisotopic (exact) mass is 409 g/mol. The van der Waals surface area contributed by atoms with Crippen LogP contribution in [0.1, 0.15) is 43.7 Å². The number of phenolic OH excluding ortho intramolecular Hbond substituents is 1. The van der Waals surface area contributed by atoms with E-state index in [0.717, 1.165) is 22.1 Å². The molecular weight excluding hydrogens is 383 g/mol. The molecule has 1 heterocycles. The van der Waals surface area contributed by atoms with Gasteiger partial charge in [-0.25, -0.2) is 9.37 Å². The Morgan fingerprint density at radius 2 is 2.00 bits per heavy atom. The van der Waals surface area contributed by atoms with Crippen LogP contribution >= 0.6 is 0 Å². The third kappa shape index (κ3) is 3.47. The highest BCUT2D eigenvalue weighted by Crippen LogP contribution is 2.43. The van der Waals surface area contributed by atoms with Gasteiger partial charge in [0.1, 0.15) is 28.8 Å². The van der Waals surface area contributed by atoms with E-state index in [1.807, 2.05) is 12.1 Å². The predicted molar refractivity (Wildman–Crippen MR) is 116 cm³/mol. The number of para-hydroxylation sites is 1. The van der Waals surface area contributed by atoms with Crippen LogP contribution in [0.2, 0.25) is 0 Å². The number of carbonyl (C=O) groups excluding carboxylic acids is 1. The highest BCUT2D eigenvalue weighted by molar-refractivity contribution is 6.01. The van der Waals surface area contributed by atoms with E-state index in [2.05, 4.69) is 19.2 Å². The molecule has 0 spiro atoms. The zero-order valence-electron chi connectivity index (χ0n) is 17.3. The largest absolute Gasteiger partial charge is 0.565 e. The first kappa shape index (κ1) is 20.1. The van der Waals surface area contributed by atoms with Crippen molar-refractivity contribution in [2.45, 2.75) is 45.6 Å². The topological polar surface area (TPSA) is 85.1 Å². The molecule has 156 valence electrons. The van der Waals surface area contributed by atoms with Crippen molar-refractivity contribution in [3.63, 3.8) is 0 Å². The summed E-state index contributed by atoms with van der Waals surface area (Å²) in [5.74, 6) is -0.150. The summed E-state index contributed by atoms with van der Waals surface area (Å²) < 4.78 is 14.0. The number of aromatic nitrogens is 1. The summed E-state index contributed by atoms with van der Waals surface area (Å²) >= 11 is 0. The molecule has 30 heavy (non-hydrogen) atoms. The summed E-state index contributed by atoms with van der Waals surface area (Å²) in [7, 11) is 0. The van der Waals surface area contributed by atoms with Crippen molar-refractivity contribution in [1.82, 2.24) is 4.98 Å². The Morgan fingerprint density at radius 3 is 2.63 bits per heavy atom. The van der Waals surface area contributed by atoms with Crippen molar-refractivity contribution in [3.8, 4) is 16.9 Å². The van der Waals surface area contributed by atoms with Gasteiger partial charge >= 0.3 is 5.97 Å². The molecule has 0 saturated heterocycles. The number of aryl methyl sites for hydroxylation is 1. The number of rotatable bonds is 5. The lowest BCUT2D eigenvalue weighted by molar-refractivity contribution is -0.144. The fraction of sp³-hybridized carbons (Fsp3) is 0.333. The van der Waals surface area contributed by atoms with E-state index in [1.54, 1.807) is 25.1 Å². The lowest BCUT2D eigenvalue weighted by Crippen LogP contribution is -2.40. The van der Waals surface area contributed by atoms with E-state index < -0.39 is 5.97 Å². The maximum Gasteiger partial charge on any atom is 0.519 e. The molecule has 1 aromatic heterocycles. The Hall–Kier alpha value is -3.15. The summed E-state index contributed by atoms with van der Waals surface area (Å²) in [5, 5.41) is 22.0. The first-order valence-electron chi connectivity index (χ1n) is 10.2. The van der Waals surface area contributed by atoms with Crippen LogP contribution in [0.25, 0.3) is 22.0 Å². The standard InChI is InChI=1S/C24H25FN2O3/c1-12(2)20-21(14-7-8-18(25)13(3)9-14)17-5-4-6-19(28)22(17)27-23(20)26-16-10-15(11-16)24(29)30/h4-9,12,15-16,28H,10-11H2,1-3H3,(H,26,27)(H,29,30)/p+1. The number of aromatic hydroxyl groups is 1. The Bertz CT molecular complexity index is 1140. The van der Waals surface area contributed by atoms with E-state index in [1.165, 1.54) is 6.07 Å². The summed E-state index contributed by atoms with van der Waals surface area (Å²) in [6, 6.07) is 10.4. The normalized spacial score (nSPS) is 18.4. The van der Waals surface area contributed by atoms with Crippen LogP contribution in [-0.4, -0.2) is 27.2 Å². The third-order valence-corrected chi connectivity index (χ3v) is 5.91. The molecule has 4 rings (SSSR count). The number of benzene rings is 2. The SMILES string of the molecule is Cc1cc(-c2c(C(C)C)c(NC3CC(C(=O)[OH2+])C3)nc3c(O)cccc23)ccc1F. The fourth-order valence-corrected chi connectivity index (χ4v) is 4.21. The lowest BCUT2D eigenvalue weighted by Gasteiger charge is -2.33. The molecule has 1 fully saturated rings. The number of hydrogen-bond acceptors (Lipinski definition) is 4. The zero-order chi connectivity index (χ0) is 21.6. The number of anilines is 1. The van der Waals surface area contributed by atoms with E-state index in [-0.39, 0.29) is 29.4 Å².